The van der Waals surface area contributed by atoms with Crippen LogP contribution in [0.4, 0.5) is 17.6 Å². The van der Waals surface area contributed by atoms with Gasteiger partial charge in [-0.3, -0.25) is 5.41 Å². The van der Waals surface area contributed by atoms with Crippen molar-refractivity contribution in [2.75, 3.05) is 6.67 Å². The van der Waals surface area contributed by atoms with Crippen LogP contribution in [0.5, 0.6) is 0 Å². The highest BCUT2D eigenvalue weighted by Gasteiger charge is 2.41. The van der Waals surface area contributed by atoms with Crippen LogP contribution in [-0.4, -0.2) is 38.3 Å². The van der Waals surface area contributed by atoms with Crippen LogP contribution in [0.1, 0.15) is 70.9 Å². The predicted molar refractivity (Wildman–Crippen MR) is 146 cm³/mol. The van der Waals surface area contributed by atoms with Crippen LogP contribution >= 0.6 is 11.6 Å². The van der Waals surface area contributed by atoms with Crippen LogP contribution in [-0.2, 0) is 16.9 Å². The fraction of sp³-hybridized carbons (Fsp3) is 0.370. The molecule has 0 fully saturated rings. The van der Waals surface area contributed by atoms with Crippen molar-refractivity contribution in [3.63, 3.8) is 0 Å². The van der Waals surface area contributed by atoms with E-state index in [1.807, 2.05) is 41.5 Å². The Morgan fingerprint density at radius 3 is 2.00 bits per heavy atom. The van der Waals surface area contributed by atoms with Gasteiger partial charge >= 0.3 is 12.1 Å². The van der Waals surface area contributed by atoms with E-state index in [1.54, 1.807) is 0 Å². The summed E-state index contributed by atoms with van der Waals surface area (Å²) in [6.07, 6.45) is -1.17. The molecule has 11 heteroatoms. The van der Waals surface area contributed by atoms with Crippen molar-refractivity contribution >= 4 is 34.7 Å². The minimum absolute atomic E-state index is 0.0452. The SMILES string of the molecule is C/C=C(\C=C/CF)n1ncc(/C(O)=C(/C(=N)c2ccc(CCl)cc2)C(=O)O)c1C(F)(F)F.CC.CC.CC. The summed E-state index contributed by atoms with van der Waals surface area (Å²) in [6, 6.07) is 5.76. The number of allylic oxidation sites excluding steroid dienone is 4. The maximum absolute atomic E-state index is 13.9. The van der Waals surface area contributed by atoms with Gasteiger partial charge in [-0.25, -0.2) is 13.9 Å². The second kappa shape index (κ2) is 18.8. The summed E-state index contributed by atoms with van der Waals surface area (Å²) in [5.41, 5.74) is -3.60. The molecule has 212 valence electrons. The van der Waals surface area contributed by atoms with Gasteiger partial charge in [0.2, 0.25) is 0 Å². The first kappa shape index (κ1) is 36.8. The molecule has 2 rings (SSSR count). The first-order chi connectivity index (χ1) is 18.1. The third-order valence-electron chi connectivity index (χ3n) is 4.31. The van der Waals surface area contributed by atoms with E-state index >= 15 is 0 Å². The minimum atomic E-state index is -5.06. The summed E-state index contributed by atoms with van der Waals surface area (Å²) in [5, 5.41) is 31.9. The Balaban J connectivity index is 0. The lowest BCUT2D eigenvalue weighted by Crippen LogP contribution is -2.19. The first-order valence-corrected chi connectivity index (χ1v) is 12.6. The maximum Gasteiger partial charge on any atom is 0.434 e. The number of nitrogens with zero attached hydrogens (tertiary/aromatic N) is 2. The second-order valence-electron chi connectivity index (χ2n) is 6.32. The lowest BCUT2D eigenvalue weighted by atomic mass is 9.98. The van der Waals surface area contributed by atoms with Crippen LogP contribution in [0.2, 0.25) is 0 Å². The van der Waals surface area contributed by atoms with E-state index in [4.69, 9.17) is 17.0 Å². The van der Waals surface area contributed by atoms with E-state index in [1.165, 1.54) is 37.3 Å². The number of hydrogen-bond acceptors (Lipinski definition) is 4. The molecule has 0 saturated carbocycles. The highest BCUT2D eigenvalue weighted by atomic mass is 35.5. The number of aliphatic carboxylic acids is 1. The number of hydrogen-bond donors (Lipinski definition) is 3. The zero-order valence-corrected chi connectivity index (χ0v) is 23.4. The number of halogens is 5. The van der Waals surface area contributed by atoms with E-state index in [-0.39, 0.29) is 17.1 Å². The number of aromatic nitrogens is 2. The summed E-state index contributed by atoms with van der Waals surface area (Å²) in [6.45, 7) is 12.5. The van der Waals surface area contributed by atoms with Crippen molar-refractivity contribution in [3.05, 3.63) is 76.6 Å². The standard InChI is InChI=1S/C21H18ClF4N3O3.3C2H6/c1-2-14(4-3-9-23)29-19(21(24,25)26)15(11-28-29)18(30)16(20(31)32)17(27)13-7-5-12(10-22)6-8-13;3*1-2/h2-8,11,27,30H,9-10H2,1H3,(H,31,32);3*1-2H3/b4-3-,14-2+,18-16+,27-17?;;;. The van der Waals surface area contributed by atoms with Gasteiger partial charge in [-0.1, -0.05) is 78.0 Å². The number of aliphatic hydroxyl groups is 1. The average Bonchev–Trinajstić information content (AvgIpc) is 3.38. The Bertz CT molecular complexity index is 1100. The Labute approximate surface area is 226 Å². The normalized spacial score (nSPS) is 11.7. The molecule has 0 saturated heterocycles. The summed E-state index contributed by atoms with van der Waals surface area (Å²) < 4.78 is 54.4. The van der Waals surface area contributed by atoms with Crippen molar-refractivity contribution in [2.24, 2.45) is 0 Å². The number of carboxylic acid groups (broad SMARTS) is 1. The number of benzene rings is 1. The number of carbonyl (C=O) groups is 1. The molecule has 0 atom stereocenters. The molecule has 0 aliphatic rings. The Morgan fingerprint density at radius 2 is 1.61 bits per heavy atom. The van der Waals surface area contributed by atoms with Gasteiger partial charge in [0, 0.05) is 11.4 Å². The number of alkyl halides is 5. The third-order valence-corrected chi connectivity index (χ3v) is 4.62. The number of carboxylic acids is 1. The molecule has 1 heterocycles. The van der Waals surface area contributed by atoms with Gasteiger partial charge in [0.25, 0.3) is 0 Å². The van der Waals surface area contributed by atoms with E-state index in [0.717, 1.165) is 12.2 Å². The van der Waals surface area contributed by atoms with Crippen molar-refractivity contribution in [2.45, 2.75) is 60.5 Å². The molecule has 0 bridgehead atoms. The van der Waals surface area contributed by atoms with Crippen LogP contribution < -0.4 is 0 Å². The summed E-state index contributed by atoms with van der Waals surface area (Å²) >= 11 is 5.69. The zero-order chi connectivity index (χ0) is 30.1. The van der Waals surface area contributed by atoms with Crippen molar-refractivity contribution in [3.8, 4) is 0 Å². The molecule has 2 aromatic rings. The lowest BCUT2D eigenvalue weighted by Gasteiger charge is -2.14. The molecule has 38 heavy (non-hydrogen) atoms. The highest BCUT2D eigenvalue weighted by Crippen LogP contribution is 2.37. The summed E-state index contributed by atoms with van der Waals surface area (Å²) in [5.74, 6) is -2.93. The Hall–Kier alpha value is -3.40. The molecule has 3 N–H and O–H groups in total. The van der Waals surface area contributed by atoms with Crippen LogP contribution in [0.25, 0.3) is 11.5 Å². The largest absolute Gasteiger partial charge is 0.506 e. The third kappa shape index (κ3) is 9.81. The molecule has 0 aliphatic carbocycles. The predicted octanol–water partition coefficient (Wildman–Crippen LogP) is 8.53. The van der Waals surface area contributed by atoms with Gasteiger partial charge in [0.15, 0.2) is 5.69 Å². The number of rotatable bonds is 8. The number of aliphatic hydroxyl groups excluding tert-OH is 1. The van der Waals surface area contributed by atoms with Gasteiger partial charge in [-0.2, -0.15) is 18.3 Å². The van der Waals surface area contributed by atoms with Crippen LogP contribution in [0, 0.1) is 5.41 Å². The second-order valence-corrected chi connectivity index (χ2v) is 6.59. The summed E-state index contributed by atoms with van der Waals surface area (Å²) in [4.78, 5) is 11.8. The van der Waals surface area contributed by atoms with E-state index < -0.39 is 47.1 Å². The van der Waals surface area contributed by atoms with Gasteiger partial charge < -0.3 is 10.2 Å². The summed E-state index contributed by atoms with van der Waals surface area (Å²) in [7, 11) is 0. The van der Waals surface area contributed by atoms with E-state index in [2.05, 4.69) is 5.10 Å². The zero-order valence-electron chi connectivity index (χ0n) is 22.6. The quantitative estimate of drug-likeness (QED) is 0.0751. The smallest absolute Gasteiger partial charge is 0.434 e. The molecular formula is C27H36ClF4N3O3. The monoisotopic (exact) mass is 561 g/mol. The van der Waals surface area contributed by atoms with Gasteiger partial charge in [-0.05, 0) is 18.6 Å². The highest BCUT2D eigenvalue weighted by molar-refractivity contribution is 6.28. The Kier molecular flexibility index (Phi) is 18.2. The van der Waals surface area contributed by atoms with Crippen LogP contribution in [0.15, 0.2) is 54.3 Å². The molecule has 1 aromatic heterocycles. The average molecular weight is 562 g/mol. The lowest BCUT2D eigenvalue weighted by molar-refractivity contribution is -0.143. The van der Waals surface area contributed by atoms with Crippen molar-refractivity contribution in [1.29, 1.82) is 5.41 Å². The molecule has 0 aliphatic heterocycles. The maximum atomic E-state index is 13.9. The minimum Gasteiger partial charge on any atom is -0.506 e. The van der Waals surface area contributed by atoms with Gasteiger partial charge in [0.05, 0.1) is 23.2 Å². The van der Waals surface area contributed by atoms with Crippen molar-refractivity contribution < 1.29 is 32.6 Å². The van der Waals surface area contributed by atoms with Crippen LogP contribution in [0.3, 0.4) is 0 Å². The molecule has 1 aromatic carbocycles. The fourth-order valence-corrected chi connectivity index (χ4v) is 2.99. The molecular weight excluding hydrogens is 526 g/mol. The first-order valence-electron chi connectivity index (χ1n) is 12.0. The molecule has 0 radical (unpaired) electrons. The van der Waals surface area contributed by atoms with Gasteiger partial charge in [-0.15, -0.1) is 11.6 Å². The molecule has 0 spiro atoms. The Morgan fingerprint density at radius 1 is 1.08 bits per heavy atom. The van der Waals surface area contributed by atoms with E-state index in [9.17, 15) is 32.6 Å². The molecule has 0 unspecified atom stereocenters. The number of nitrogens with one attached hydrogen (secondary N) is 1. The van der Waals surface area contributed by atoms with Crippen molar-refractivity contribution in [1.82, 2.24) is 9.78 Å². The topological polar surface area (TPSA) is 99.2 Å². The van der Waals surface area contributed by atoms with E-state index in [0.29, 0.717) is 16.4 Å². The fourth-order valence-electron chi connectivity index (χ4n) is 2.81. The molecule has 0 amide bonds. The molecule has 6 nitrogen and oxygen atoms in total. The van der Waals surface area contributed by atoms with Gasteiger partial charge in [0.1, 0.15) is 18.0 Å².